The van der Waals surface area contributed by atoms with Gasteiger partial charge in [-0.25, -0.2) is 0 Å². The molecule has 0 radical (unpaired) electrons. The van der Waals surface area contributed by atoms with Gasteiger partial charge in [-0.3, -0.25) is 19.2 Å². The summed E-state index contributed by atoms with van der Waals surface area (Å²) in [5, 5.41) is 70.0. The molecule has 0 fully saturated rings. The van der Waals surface area contributed by atoms with Crippen LogP contribution < -0.4 is 0 Å². The Balaban J connectivity index is 0. The van der Waals surface area contributed by atoms with Crippen molar-refractivity contribution in [1.82, 2.24) is 0 Å². The van der Waals surface area contributed by atoms with E-state index in [9.17, 15) is 19.2 Å². The van der Waals surface area contributed by atoms with Crippen molar-refractivity contribution in [2.45, 2.75) is 272 Å². The van der Waals surface area contributed by atoms with Crippen molar-refractivity contribution < 1.29 is 60.0 Å². The van der Waals surface area contributed by atoms with Gasteiger partial charge in [0, 0.05) is 25.7 Å². The van der Waals surface area contributed by atoms with Crippen molar-refractivity contribution in [2.24, 2.45) is 0 Å². The number of carboxylic acid groups (broad SMARTS) is 4. The second-order valence-corrected chi connectivity index (χ2v) is 21.5. The van der Waals surface area contributed by atoms with E-state index in [1.54, 1.807) is 48.5 Å². The normalized spacial score (nSPS) is 10.2. The number of hydrogen-bond donors (Lipinski definition) is 8. The molecule has 0 aliphatic rings. The fourth-order valence-electron chi connectivity index (χ4n) is 8.57. The highest BCUT2D eigenvalue weighted by molar-refractivity contribution is 5.67. The summed E-state index contributed by atoms with van der Waals surface area (Å²) >= 11 is 0. The maximum Gasteiger partial charge on any atom is 0.303 e. The van der Waals surface area contributed by atoms with E-state index < -0.39 is 23.9 Å². The molecule has 0 amide bonds. The number of rotatable bonds is 40. The topological polar surface area (TPSA) is 230 Å². The minimum Gasteiger partial charge on any atom is -0.508 e. The Hall–Kier alpha value is -6.04. The predicted molar refractivity (Wildman–Crippen MR) is 337 cm³/mol. The van der Waals surface area contributed by atoms with Crippen LogP contribution in [0.4, 0.5) is 0 Å². The third-order valence-electron chi connectivity index (χ3n) is 13.5. The summed E-state index contributed by atoms with van der Waals surface area (Å²) in [6, 6.07) is 28.5. The van der Waals surface area contributed by atoms with E-state index in [1.807, 2.05) is 48.5 Å². The van der Waals surface area contributed by atoms with Gasteiger partial charge >= 0.3 is 23.9 Å². The van der Waals surface area contributed by atoms with Gasteiger partial charge < -0.3 is 40.9 Å². The molecule has 4 rings (SSSR count). The number of phenolic OH excluding ortho intramolecular Hbond substituents is 4. The number of benzene rings is 4. The second kappa shape index (κ2) is 58.2. The molecular formula is C70H112O12. The largest absolute Gasteiger partial charge is 0.508 e. The van der Waals surface area contributed by atoms with Crippen LogP contribution in [0.3, 0.4) is 0 Å². The molecule has 0 saturated carbocycles. The molecule has 0 bridgehead atoms. The van der Waals surface area contributed by atoms with Gasteiger partial charge in [-0.1, -0.05) is 256 Å². The van der Waals surface area contributed by atoms with E-state index >= 15 is 0 Å². The predicted octanol–water partition coefficient (Wildman–Crippen LogP) is 19.8. The number of unbranched alkanes of at least 4 members (excludes halogenated alkanes) is 28. The Labute approximate surface area is 495 Å². The number of hydrogen-bond acceptors (Lipinski definition) is 8. The van der Waals surface area contributed by atoms with Crippen LogP contribution in [-0.4, -0.2) is 64.7 Å². The zero-order chi connectivity index (χ0) is 61.1. The van der Waals surface area contributed by atoms with Crippen molar-refractivity contribution in [1.29, 1.82) is 0 Å². The van der Waals surface area contributed by atoms with Gasteiger partial charge in [0.2, 0.25) is 0 Å². The molecule has 4 aromatic rings. The molecule has 82 heavy (non-hydrogen) atoms. The highest BCUT2D eigenvalue weighted by Crippen LogP contribution is 2.19. The minimum absolute atomic E-state index is 0.282. The summed E-state index contributed by atoms with van der Waals surface area (Å²) in [7, 11) is 0. The van der Waals surface area contributed by atoms with Crippen LogP contribution in [0.25, 0.3) is 0 Å². The van der Waals surface area contributed by atoms with Crippen LogP contribution in [0.15, 0.2) is 97.1 Å². The first-order valence-electron chi connectivity index (χ1n) is 31.5. The lowest BCUT2D eigenvalue weighted by molar-refractivity contribution is -0.138. The summed E-state index contributed by atoms with van der Waals surface area (Å²) < 4.78 is 0. The molecule has 8 N–H and O–H groups in total. The molecule has 0 heterocycles. The molecule has 0 saturated heterocycles. The van der Waals surface area contributed by atoms with Gasteiger partial charge in [0.25, 0.3) is 0 Å². The van der Waals surface area contributed by atoms with Crippen molar-refractivity contribution in [3.05, 3.63) is 119 Å². The molecule has 0 atom stereocenters. The summed E-state index contributed by atoms with van der Waals surface area (Å²) in [6.45, 7) is 8.85. The van der Waals surface area contributed by atoms with Crippen molar-refractivity contribution in [3.8, 4) is 23.0 Å². The quantitative estimate of drug-likeness (QED) is 0.0195. The fraction of sp³-hybridized carbons (Fsp3) is 0.600. The number of phenols is 4. The van der Waals surface area contributed by atoms with Crippen LogP contribution >= 0.6 is 0 Å². The molecule has 0 spiro atoms. The molecule has 12 heteroatoms. The Morgan fingerprint density at radius 2 is 0.366 bits per heavy atom. The summed E-state index contributed by atoms with van der Waals surface area (Å²) in [5.41, 5.74) is 4.55. The van der Waals surface area contributed by atoms with E-state index in [0.717, 1.165) is 86.5 Å². The van der Waals surface area contributed by atoms with Gasteiger partial charge in [0.05, 0.1) is 0 Å². The van der Waals surface area contributed by atoms with E-state index in [0.29, 0.717) is 25.7 Å². The minimum atomic E-state index is -0.663. The van der Waals surface area contributed by atoms with E-state index in [1.165, 1.54) is 154 Å². The Kier molecular flexibility index (Phi) is 55.3. The maximum absolute atomic E-state index is 10.2. The first-order valence-corrected chi connectivity index (χ1v) is 31.5. The molecule has 464 valence electrons. The highest BCUT2D eigenvalue weighted by Gasteiger charge is 2.02. The van der Waals surface area contributed by atoms with Crippen molar-refractivity contribution in [3.63, 3.8) is 0 Å². The van der Waals surface area contributed by atoms with Gasteiger partial charge in [0.1, 0.15) is 23.0 Å². The lowest BCUT2D eigenvalue weighted by atomic mass is 10.1. The number of carboxylic acids is 4. The monoisotopic (exact) mass is 1140 g/mol. The zero-order valence-electron chi connectivity index (χ0n) is 51.3. The first kappa shape index (κ1) is 78.0. The smallest absolute Gasteiger partial charge is 0.303 e. The van der Waals surface area contributed by atoms with Gasteiger partial charge in [-0.15, -0.1) is 0 Å². The van der Waals surface area contributed by atoms with Crippen molar-refractivity contribution in [2.75, 3.05) is 0 Å². The second-order valence-electron chi connectivity index (χ2n) is 21.5. The molecule has 0 aliphatic heterocycles. The zero-order valence-corrected chi connectivity index (χ0v) is 51.3. The Morgan fingerprint density at radius 3 is 0.500 bits per heavy atom. The third-order valence-corrected chi connectivity index (χ3v) is 13.5. The third kappa shape index (κ3) is 58.6. The number of aliphatic carboxylic acids is 4. The van der Waals surface area contributed by atoms with Crippen LogP contribution in [0.5, 0.6) is 23.0 Å². The Bertz CT molecular complexity index is 1820. The number of aromatic hydroxyl groups is 4. The standard InChI is InChI=1S/2C13H12O2.2C12H24O2.2C10H20O2/c2*14-12-5-1-10(2-6-12)9-11-3-7-13(15)8-4-11;2*1-2-3-4-5-6-7-8-9-10-11-12(13)14;2*1-2-3-4-5-6-7-8-9-10(11)12/h2*1-8,14-15H,9H2;2*2-11H2,1H3,(H,13,14);2*2-9H2,1H3,(H,11,12). The SMILES string of the molecule is CCCCCCCCCC(=O)O.CCCCCCCCCC(=O)O.CCCCCCCCCCCC(=O)O.CCCCCCCCCCCC(=O)O.Oc1ccc(Cc2ccc(O)cc2)cc1.Oc1ccc(Cc2ccc(O)cc2)cc1. The highest BCUT2D eigenvalue weighted by atomic mass is 16.4. The van der Waals surface area contributed by atoms with Gasteiger partial charge in [-0.05, 0) is 109 Å². The average molecular weight is 1150 g/mol. The summed E-state index contributed by atoms with van der Waals surface area (Å²) in [4.78, 5) is 40.7. The van der Waals surface area contributed by atoms with Crippen molar-refractivity contribution >= 4 is 23.9 Å². The van der Waals surface area contributed by atoms with E-state index in [2.05, 4.69) is 27.7 Å². The first-order chi connectivity index (χ1) is 39.6. The summed E-state index contributed by atoms with van der Waals surface area (Å²) in [5.74, 6) is -1.52. The van der Waals surface area contributed by atoms with Crippen LogP contribution in [0.1, 0.15) is 281 Å². The molecule has 0 aliphatic carbocycles. The molecule has 12 nitrogen and oxygen atoms in total. The van der Waals surface area contributed by atoms with Crippen LogP contribution in [0.2, 0.25) is 0 Å². The molecule has 4 aromatic carbocycles. The number of carbonyl (C=O) groups is 4. The van der Waals surface area contributed by atoms with Crippen LogP contribution in [0, 0.1) is 0 Å². The molecular weight excluding hydrogens is 1030 g/mol. The molecule has 0 aromatic heterocycles. The summed E-state index contributed by atoms with van der Waals surface area (Å²) in [6.07, 6.45) is 41.9. The maximum atomic E-state index is 10.2. The lowest BCUT2D eigenvalue weighted by Crippen LogP contribution is -1.93. The molecule has 0 unspecified atom stereocenters. The van der Waals surface area contributed by atoms with Gasteiger partial charge in [0.15, 0.2) is 0 Å². The average Bonchev–Trinajstić information content (AvgIpc) is 3.45. The van der Waals surface area contributed by atoms with E-state index in [4.69, 9.17) is 40.9 Å². The lowest BCUT2D eigenvalue weighted by Gasteiger charge is -2.02. The fourth-order valence-corrected chi connectivity index (χ4v) is 8.57. The van der Waals surface area contributed by atoms with E-state index in [-0.39, 0.29) is 23.0 Å². The van der Waals surface area contributed by atoms with Crippen LogP contribution in [-0.2, 0) is 32.0 Å². The Morgan fingerprint density at radius 1 is 0.232 bits per heavy atom. The van der Waals surface area contributed by atoms with Gasteiger partial charge in [-0.2, -0.15) is 0 Å².